The average molecular weight is 342 g/mol. The normalized spacial score (nSPS) is 10.2. The molecule has 0 fully saturated rings. The van der Waals surface area contributed by atoms with Gasteiger partial charge in [0, 0.05) is 5.02 Å². The molecule has 8 heteroatoms. The molecule has 0 aromatic heterocycles. The molecule has 0 spiro atoms. The Morgan fingerprint density at radius 1 is 1.17 bits per heavy atom. The van der Waals surface area contributed by atoms with Crippen LogP contribution >= 0.6 is 11.6 Å². The van der Waals surface area contributed by atoms with E-state index < -0.39 is 35.8 Å². The van der Waals surface area contributed by atoms with Crippen LogP contribution in [0.2, 0.25) is 5.02 Å². The molecule has 0 radical (unpaired) electrons. The summed E-state index contributed by atoms with van der Waals surface area (Å²) >= 11 is 5.68. The Bertz CT molecular complexity index is 747. The quantitative estimate of drug-likeness (QED) is 0.838. The molecule has 0 atom stereocenters. The van der Waals surface area contributed by atoms with Crippen molar-refractivity contribution in [2.75, 3.05) is 11.9 Å². The van der Waals surface area contributed by atoms with Crippen LogP contribution in [0.1, 0.15) is 10.4 Å². The summed E-state index contributed by atoms with van der Waals surface area (Å²) in [5, 5.41) is 11.7. The first-order chi connectivity index (χ1) is 10.9. The third kappa shape index (κ3) is 4.17. The third-order valence-electron chi connectivity index (χ3n) is 2.74. The Morgan fingerprint density at radius 3 is 2.48 bits per heavy atom. The van der Waals surface area contributed by atoms with Gasteiger partial charge in [-0.2, -0.15) is 0 Å². The predicted octanol–water partition coefficient (Wildman–Crippen LogP) is 3.12. The van der Waals surface area contributed by atoms with Gasteiger partial charge in [0.25, 0.3) is 5.91 Å². The first kappa shape index (κ1) is 16.7. The minimum absolute atomic E-state index is 0.188. The number of nitrogens with one attached hydrogen (secondary N) is 1. The molecule has 1 amide bonds. The maximum atomic E-state index is 13.4. The van der Waals surface area contributed by atoms with E-state index in [9.17, 15) is 23.5 Å². The van der Waals surface area contributed by atoms with Gasteiger partial charge in [-0.1, -0.05) is 17.7 Å². The lowest BCUT2D eigenvalue weighted by molar-refractivity contribution is -0.119. The molecule has 0 aliphatic rings. The van der Waals surface area contributed by atoms with Crippen molar-refractivity contribution in [3.05, 3.63) is 58.6 Å². The highest BCUT2D eigenvalue weighted by atomic mass is 35.5. The van der Waals surface area contributed by atoms with Crippen LogP contribution in [0, 0.1) is 11.6 Å². The van der Waals surface area contributed by atoms with Gasteiger partial charge >= 0.3 is 5.97 Å². The van der Waals surface area contributed by atoms with Crippen LogP contribution in [-0.4, -0.2) is 23.6 Å². The molecule has 0 heterocycles. The highest BCUT2D eigenvalue weighted by Gasteiger charge is 2.17. The van der Waals surface area contributed by atoms with E-state index in [1.165, 1.54) is 12.1 Å². The number of ether oxygens (including phenoxy) is 1. The van der Waals surface area contributed by atoms with Crippen molar-refractivity contribution in [1.82, 2.24) is 0 Å². The van der Waals surface area contributed by atoms with E-state index in [2.05, 4.69) is 4.74 Å². The molecule has 2 aromatic rings. The van der Waals surface area contributed by atoms with Gasteiger partial charge in [-0.3, -0.25) is 4.79 Å². The predicted molar refractivity (Wildman–Crippen MR) is 78.4 cm³/mol. The largest absolute Gasteiger partial charge is 0.507 e. The van der Waals surface area contributed by atoms with Crippen molar-refractivity contribution in [2.45, 2.75) is 0 Å². The monoisotopic (exact) mass is 341 g/mol. The summed E-state index contributed by atoms with van der Waals surface area (Å²) in [5.74, 6) is -4.24. The summed E-state index contributed by atoms with van der Waals surface area (Å²) in [6.45, 7) is -0.793. The number of rotatable bonds is 4. The molecule has 0 aliphatic heterocycles. The first-order valence-corrected chi connectivity index (χ1v) is 6.66. The Labute approximate surface area is 134 Å². The van der Waals surface area contributed by atoms with Gasteiger partial charge in [0.05, 0.1) is 0 Å². The molecule has 0 unspecified atom stereocenters. The van der Waals surface area contributed by atoms with Crippen LogP contribution in [0.5, 0.6) is 5.75 Å². The Hall–Kier alpha value is -2.67. The summed E-state index contributed by atoms with van der Waals surface area (Å²) in [6, 6.07) is 6.79. The Kier molecular flexibility index (Phi) is 5.13. The summed E-state index contributed by atoms with van der Waals surface area (Å²) in [7, 11) is 0. The van der Waals surface area contributed by atoms with Crippen molar-refractivity contribution < 1.29 is 28.2 Å². The zero-order chi connectivity index (χ0) is 17.0. The fraction of sp³-hybridized carbons (Fsp3) is 0.0667. The molecule has 0 saturated carbocycles. The Balaban J connectivity index is 1.99. The lowest BCUT2D eigenvalue weighted by atomic mass is 10.2. The lowest BCUT2D eigenvalue weighted by Gasteiger charge is -2.09. The molecule has 0 aliphatic carbocycles. The summed E-state index contributed by atoms with van der Waals surface area (Å²) in [6.07, 6.45) is 0. The topological polar surface area (TPSA) is 75.6 Å². The van der Waals surface area contributed by atoms with Gasteiger partial charge < -0.3 is 15.2 Å². The second-order valence-electron chi connectivity index (χ2n) is 4.38. The summed E-state index contributed by atoms with van der Waals surface area (Å²) in [5.41, 5.74) is -0.874. The minimum Gasteiger partial charge on any atom is -0.507 e. The number of para-hydroxylation sites is 1. The van der Waals surface area contributed by atoms with E-state index >= 15 is 0 Å². The summed E-state index contributed by atoms with van der Waals surface area (Å²) < 4.78 is 31.4. The van der Waals surface area contributed by atoms with Crippen LogP contribution in [0.15, 0.2) is 36.4 Å². The molecule has 0 bridgehead atoms. The van der Waals surface area contributed by atoms with Crippen LogP contribution in [0.3, 0.4) is 0 Å². The number of halogens is 3. The van der Waals surface area contributed by atoms with E-state index in [1.807, 2.05) is 5.32 Å². The van der Waals surface area contributed by atoms with E-state index in [1.54, 1.807) is 0 Å². The van der Waals surface area contributed by atoms with Crippen molar-refractivity contribution >= 4 is 29.2 Å². The highest BCUT2D eigenvalue weighted by molar-refractivity contribution is 6.31. The van der Waals surface area contributed by atoms with Crippen LogP contribution in [0.4, 0.5) is 14.5 Å². The van der Waals surface area contributed by atoms with Crippen LogP contribution in [-0.2, 0) is 9.53 Å². The molecule has 2 N–H and O–H groups in total. The minimum atomic E-state index is -1.01. The SMILES string of the molecule is O=C(COC(=O)c1cc(Cl)ccc1O)Nc1c(F)cccc1F. The van der Waals surface area contributed by atoms with E-state index in [4.69, 9.17) is 11.6 Å². The molecule has 23 heavy (non-hydrogen) atoms. The number of amides is 1. The fourth-order valence-electron chi connectivity index (χ4n) is 1.67. The van der Waals surface area contributed by atoms with E-state index in [0.29, 0.717) is 0 Å². The number of benzene rings is 2. The van der Waals surface area contributed by atoms with E-state index in [-0.39, 0.29) is 16.3 Å². The highest BCUT2D eigenvalue weighted by Crippen LogP contribution is 2.22. The average Bonchev–Trinajstić information content (AvgIpc) is 2.51. The van der Waals surface area contributed by atoms with E-state index in [0.717, 1.165) is 24.3 Å². The summed E-state index contributed by atoms with van der Waals surface area (Å²) in [4.78, 5) is 23.3. The third-order valence-corrected chi connectivity index (χ3v) is 2.98. The molecular formula is C15H10ClF2NO4. The van der Waals surface area contributed by atoms with Gasteiger partial charge in [-0.15, -0.1) is 0 Å². The maximum Gasteiger partial charge on any atom is 0.342 e. The number of anilines is 1. The van der Waals surface area contributed by atoms with Gasteiger partial charge in [-0.25, -0.2) is 13.6 Å². The maximum absolute atomic E-state index is 13.4. The van der Waals surface area contributed by atoms with Crippen molar-refractivity contribution in [3.8, 4) is 5.75 Å². The number of phenols is 1. The number of hydrogen-bond donors (Lipinski definition) is 2. The second-order valence-corrected chi connectivity index (χ2v) is 4.82. The molecule has 2 aromatic carbocycles. The number of carbonyl (C=O) groups is 2. The molecule has 5 nitrogen and oxygen atoms in total. The molecule has 2 rings (SSSR count). The molecular weight excluding hydrogens is 332 g/mol. The standard InChI is InChI=1S/C15H10ClF2NO4/c16-8-4-5-12(20)9(6-8)15(22)23-7-13(21)19-14-10(17)2-1-3-11(14)18/h1-6,20H,7H2,(H,19,21). The van der Waals surface area contributed by atoms with Crippen LogP contribution < -0.4 is 5.32 Å². The fourth-order valence-corrected chi connectivity index (χ4v) is 1.85. The van der Waals surface area contributed by atoms with Crippen molar-refractivity contribution in [1.29, 1.82) is 0 Å². The zero-order valence-corrected chi connectivity index (χ0v) is 12.2. The van der Waals surface area contributed by atoms with Crippen molar-refractivity contribution in [3.63, 3.8) is 0 Å². The number of carbonyl (C=O) groups excluding carboxylic acids is 2. The van der Waals surface area contributed by atoms with Gasteiger partial charge in [0.2, 0.25) is 0 Å². The zero-order valence-electron chi connectivity index (χ0n) is 11.5. The number of aromatic hydroxyl groups is 1. The first-order valence-electron chi connectivity index (χ1n) is 6.28. The van der Waals surface area contributed by atoms with Crippen molar-refractivity contribution in [2.24, 2.45) is 0 Å². The number of esters is 1. The van der Waals surface area contributed by atoms with Gasteiger partial charge in [0.1, 0.15) is 28.6 Å². The molecule has 120 valence electrons. The molecule has 0 saturated heterocycles. The second kappa shape index (κ2) is 7.06. The smallest absolute Gasteiger partial charge is 0.342 e. The van der Waals surface area contributed by atoms with Gasteiger partial charge in [-0.05, 0) is 30.3 Å². The number of hydrogen-bond acceptors (Lipinski definition) is 4. The van der Waals surface area contributed by atoms with Crippen LogP contribution in [0.25, 0.3) is 0 Å². The lowest BCUT2D eigenvalue weighted by Crippen LogP contribution is -2.22. The number of phenolic OH excluding ortho intramolecular Hbond substituents is 1. The Morgan fingerprint density at radius 2 is 1.83 bits per heavy atom. The van der Waals surface area contributed by atoms with Gasteiger partial charge in [0.15, 0.2) is 6.61 Å².